The molecule has 0 aromatic heterocycles. The molecule has 0 unspecified atom stereocenters. The number of carbonyl (C=O) groups excluding carboxylic acids is 2. The molecule has 5 rings (SSSR count). The van der Waals surface area contributed by atoms with Crippen LogP contribution in [0.25, 0.3) is 0 Å². The molecule has 2 aliphatic heterocycles. The van der Waals surface area contributed by atoms with Crippen LogP contribution >= 0.6 is 0 Å². The normalized spacial score (nSPS) is 20.1. The number of nitrogens with one attached hydrogen (secondary N) is 2. The lowest BCUT2D eigenvalue weighted by Gasteiger charge is -2.44. The van der Waals surface area contributed by atoms with E-state index < -0.39 is 5.66 Å². The molecule has 5 heteroatoms. The molecule has 5 nitrogen and oxygen atoms in total. The molecule has 2 aliphatic rings. The number of hydrogen-bond acceptors (Lipinski definition) is 3. The highest BCUT2D eigenvalue weighted by molar-refractivity contribution is 6.14. The van der Waals surface area contributed by atoms with Gasteiger partial charge in [-0.25, -0.2) is 0 Å². The molecule has 2 heterocycles. The zero-order valence-corrected chi connectivity index (χ0v) is 14.5. The number of benzene rings is 3. The third kappa shape index (κ3) is 2.18. The van der Waals surface area contributed by atoms with Crippen LogP contribution in [0.2, 0.25) is 0 Å². The first-order valence-corrected chi connectivity index (χ1v) is 8.84. The van der Waals surface area contributed by atoms with Gasteiger partial charge in [-0.1, -0.05) is 60.7 Å². The van der Waals surface area contributed by atoms with E-state index >= 15 is 0 Å². The minimum atomic E-state index is -1.27. The predicted octanol–water partition coefficient (Wildman–Crippen LogP) is 3.56. The van der Waals surface area contributed by atoms with E-state index in [0.29, 0.717) is 17.8 Å². The number of carbonyl (C=O) groups is 2. The summed E-state index contributed by atoms with van der Waals surface area (Å²) in [6.45, 7) is 0.322. The number of rotatable bonds is 2. The molecule has 0 saturated heterocycles. The molecule has 1 atom stereocenters. The minimum Gasteiger partial charge on any atom is -0.350 e. The fourth-order valence-corrected chi connectivity index (χ4v) is 3.93. The van der Waals surface area contributed by atoms with Crippen molar-refractivity contribution in [2.24, 2.45) is 0 Å². The van der Waals surface area contributed by atoms with Gasteiger partial charge in [0.1, 0.15) is 0 Å². The number of para-hydroxylation sites is 2. The molecular formula is C22H17N3O2. The molecule has 0 fully saturated rings. The van der Waals surface area contributed by atoms with E-state index in [-0.39, 0.29) is 11.8 Å². The molecule has 1 spiro atoms. The lowest BCUT2D eigenvalue weighted by atomic mass is 9.92. The summed E-state index contributed by atoms with van der Waals surface area (Å²) >= 11 is 0. The zero-order valence-electron chi connectivity index (χ0n) is 14.5. The van der Waals surface area contributed by atoms with Gasteiger partial charge in [0.2, 0.25) is 5.66 Å². The van der Waals surface area contributed by atoms with Crippen LogP contribution in [0.4, 0.5) is 11.4 Å². The second-order valence-corrected chi connectivity index (χ2v) is 6.76. The summed E-state index contributed by atoms with van der Waals surface area (Å²) in [6.07, 6.45) is 0. The first kappa shape index (κ1) is 15.6. The van der Waals surface area contributed by atoms with Crippen molar-refractivity contribution in [1.82, 2.24) is 4.90 Å². The fourth-order valence-electron chi connectivity index (χ4n) is 3.93. The summed E-state index contributed by atoms with van der Waals surface area (Å²) < 4.78 is 0. The maximum Gasteiger partial charge on any atom is 0.276 e. The number of nitrogens with zero attached hydrogens (tertiary/aromatic N) is 1. The molecule has 2 N–H and O–H groups in total. The van der Waals surface area contributed by atoms with Crippen LogP contribution in [0.15, 0.2) is 78.9 Å². The Morgan fingerprint density at radius 3 is 2.26 bits per heavy atom. The fraction of sp³-hybridized carbons (Fsp3) is 0.0909. The van der Waals surface area contributed by atoms with Crippen molar-refractivity contribution in [2.45, 2.75) is 12.2 Å². The van der Waals surface area contributed by atoms with Crippen LogP contribution in [-0.2, 0) is 17.0 Å². The highest BCUT2D eigenvalue weighted by atomic mass is 16.2. The number of hydrogen-bond donors (Lipinski definition) is 2. The summed E-state index contributed by atoms with van der Waals surface area (Å²) in [5.41, 5.74) is 2.41. The maximum atomic E-state index is 13.4. The van der Waals surface area contributed by atoms with Gasteiger partial charge in [0.25, 0.3) is 11.8 Å². The van der Waals surface area contributed by atoms with Gasteiger partial charge in [0, 0.05) is 23.5 Å². The molecule has 0 radical (unpaired) electrons. The van der Waals surface area contributed by atoms with E-state index in [1.165, 1.54) is 0 Å². The van der Waals surface area contributed by atoms with Crippen molar-refractivity contribution in [3.8, 4) is 0 Å². The predicted molar refractivity (Wildman–Crippen MR) is 103 cm³/mol. The second kappa shape index (κ2) is 5.71. The topological polar surface area (TPSA) is 61.4 Å². The zero-order chi connectivity index (χ0) is 18.4. The number of anilines is 2. The first-order valence-electron chi connectivity index (χ1n) is 8.84. The van der Waals surface area contributed by atoms with Crippen molar-refractivity contribution in [3.63, 3.8) is 0 Å². The monoisotopic (exact) mass is 355 g/mol. The summed E-state index contributed by atoms with van der Waals surface area (Å²) in [5, 5.41) is 6.30. The Morgan fingerprint density at radius 2 is 1.44 bits per heavy atom. The Hall–Kier alpha value is -3.60. The maximum absolute atomic E-state index is 13.4. The van der Waals surface area contributed by atoms with Crippen LogP contribution in [0.5, 0.6) is 0 Å². The second-order valence-electron chi connectivity index (χ2n) is 6.76. The van der Waals surface area contributed by atoms with Gasteiger partial charge in [-0.05, 0) is 23.8 Å². The van der Waals surface area contributed by atoms with Crippen molar-refractivity contribution >= 4 is 23.2 Å². The molecular weight excluding hydrogens is 338 g/mol. The van der Waals surface area contributed by atoms with Gasteiger partial charge in [-0.3, -0.25) is 14.5 Å². The van der Waals surface area contributed by atoms with E-state index in [9.17, 15) is 9.59 Å². The van der Waals surface area contributed by atoms with Crippen molar-refractivity contribution < 1.29 is 9.59 Å². The molecule has 27 heavy (non-hydrogen) atoms. The summed E-state index contributed by atoms with van der Waals surface area (Å²) in [4.78, 5) is 28.3. The lowest BCUT2D eigenvalue weighted by molar-refractivity contribution is -0.125. The van der Waals surface area contributed by atoms with Gasteiger partial charge in [-0.2, -0.15) is 0 Å². The van der Waals surface area contributed by atoms with Crippen molar-refractivity contribution in [1.29, 1.82) is 0 Å². The van der Waals surface area contributed by atoms with Gasteiger partial charge in [0.05, 0.1) is 5.56 Å². The van der Waals surface area contributed by atoms with E-state index in [1.807, 2.05) is 72.8 Å². The van der Waals surface area contributed by atoms with Crippen molar-refractivity contribution in [2.75, 3.05) is 10.6 Å². The Morgan fingerprint density at radius 1 is 0.778 bits per heavy atom. The largest absolute Gasteiger partial charge is 0.350 e. The smallest absolute Gasteiger partial charge is 0.276 e. The molecule has 0 bridgehead atoms. The Labute approximate surface area is 156 Å². The highest BCUT2D eigenvalue weighted by Gasteiger charge is 2.56. The third-order valence-corrected chi connectivity index (χ3v) is 5.20. The van der Waals surface area contributed by atoms with Gasteiger partial charge < -0.3 is 10.6 Å². The third-order valence-electron chi connectivity index (χ3n) is 5.20. The van der Waals surface area contributed by atoms with E-state index in [0.717, 1.165) is 16.8 Å². The Kier molecular flexibility index (Phi) is 3.31. The molecule has 3 aromatic rings. The molecule has 0 saturated carbocycles. The molecule has 3 aromatic carbocycles. The van der Waals surface area contributed by atoms with E-state index in [2.05, 4.69) is 10.6 Å². The quantitative estimate of drug-likeness (QED) is 0.739. The van der Waals surface area contributed by atoms with Gasteiger partial charge >= 0.3 is 0 Å². The average molecular weight is 355 g/mol. The Balaban J connectivity index is 1.72. The average Bonchev–Trinajstić information content (AvgIpc) is 2.98. The number of amides is 2. The van der Waals surface area contributed by atoms with Crippen LogP contribution in [0, 0.1) is 0 Å². The Bertz CT molecular complexity index is 1060. The summed E-state index contributed by atoms with van der Waals surface area (Å²) in [7, 11) is 0. The highest BCUT2D eigenvalue weighted by Crippen LogP contribution is 2.45. The first-order chi connectivity index (χ1) is 13.2. The van der Waals surface area contributed by atoms with Crippen LogP contribution < -0.4 is 10.6 Å². The van der Waals surface area contributed by atoms with Crippen LogP contribution in [0.3, 0.4) is 0 Å². The van der Waals surface area contributed by atoms with Gasteiger partial charge in [0.15, 0.2) is 0 Å². The summed E-state index contributed by atoms with van der Waals surface area (Å²) in [6, 6.07) is 24.5. The SMILES string of the molecule is O=C1c2ccccc2N[C@@]2(C(=O)Nc3ccccc32)N1Cc1ccccc1. The minimum absolute atomic E-state index is 0.167. The number of fused-ring (bicyclic) bond motifs is 3. The van der Waals surface area contributed by atoms with E-state index in [4.69, 9.17) is 0 Å². The van der Waals surface area contributed by atoms with Crippen molar-refractivity contribution in [3.05, 3.63) is 95.6 Å². The lowest BCUT2D eigenvalue weighted by Crippen LogP contribution is -2.60. The molecule has 132 valence electrons. The molecule has 2 amide bonds. The molecule has 0 aliphatic carbocycles. The van der Waals surface area contributed by atoms with E-state index in [1.54, 1.807) is 11.0 Å². The summed E-state index contributed by atoms with van der Waals surface area (Å²) in [5.74, 6) is -0.414. The van der Waals surface area contributed by atoms with Gasteiger partial charge in [-0.15, -0.1) is 0 Å². The standard InChI is InChI=1S/C22H17N3O2/c26-20-16-10-4-6-12-18(16)24-22(25(20)14-15-8-2-1-3-9-15)17-11-5-7-13-19(17)23-21(22)27/h1-13,24H,14H2,(H,23,27)/t22-/m1/s1. The van der Waals surface area contributed by atoms with Crippen LogP contribution in [-0.4, -0.2) is 16.7 Å². The van der Waals surface area contributed by atoms with Crippen LogP contribution in [0.1, 0.15) is 21.5 Å².